The number of aromatic nitrogens is 1. The minimum absolute atomic E-state index is 0.164. The molecule has 0 atom stereocenters. The molecule has 1 rings (SSSR count). The fourth-order valence-corrected chi connectivity index (χ4v) is 1.06. The summed E-state index contributed by atoms with van der Waals surface area (Å²) in [6, 6.07) is 1.55. The normalized spacial score (nSPS) is 15.3. The van der Waals surface area contributed by atoms with Crippen LogP contribution >= 0.6 is 0 Å². The van der Waals surface area contributed by atoms with Crippen LogP contribution < -0.4 is 0 Å². The molecule has 0 spiro atoms. The van der Waals surface area contributed by atoms with Gasteiger partial charge in [-0.2, -0.15) is 0 Å². The van der Waals surface area contributed by atoms with Gasteiger partial charge in [-0.3, -0.25) is 0 Å². The molecule has 0 aliphatic rings. The third kappa shape index (κ3) is 1.13. The molecule has 0 saturated heterocycles. The van der Waals surface area contributed by atoms with Crippen LogP contribution in [0.5, 0.6) is 0 Å². The lowest BCUT2D eigenvalue weighted by molar-refractivity contribution is 0.0685. The molecular weight excluding hydrogens is 142 g/mol. The number of nitrogens with zero attached hydrogens (tertiary/aromatic N) is 1. The van der Waals surface area contributed by atoms with Crippen molar-refractivity contribution < 1.29 is 14.0 Å². The van der Waals surface area contributed by atoms with Gasteiger partial charge in [-0.25, -0.2) is 4.79 Å². The second kappa shape index (κ2) is 2.42. The average molecular weight is 156 g/mol. The van der Waals surface area contributed by atoms with Crippen molar-refractivity contribution in [2.24, 2.45) is 6.98 Å². The fourth-order valence-electron chi connectivity index (χ4n) is 1.06. The van der Waals surface area contributed by atoms with Crippen molar-refractivity contribution in [1.29, 1.82) is 0 Å². The van der Waals surface area contributed by atoms with Gasteiger partial charge in [-0.15, -0.1) is 0 Å². The van der Waals surface area contributed by atoms with Gasteiger partial charge >= 0.3 is 5.97 Å². The Morgan fingerprint density at radius 3 is 2.73 bits per heavy atom. The van der Waals surface area contributed by atoms with E-state index in [1.165, 1.54) is 0 Å². The second-order valence-electron chi connectivity index (χ2n) is 2.46. The highest BCUT2D eigenvalue weighted by Gasteiger charge is 2.12. The van der Waals surface area contributed by atoms with Crippen LogP contribution in [0.2, 0.25) is 0 Å². The SMILES string of the molecule is [2H]C([2H])([2H])n1c(C)cc(C)c1C(=O)O. The van der Waals surface area contributed by atoms with Crippen LogP contribution in [0.15, 0.2) is 6.07 Å². The average Bonchev–Trinajstić information content (AvgIpc) is 2.23. The van der Waals surface area contributed by atoms with Crippen molar-refractivity contribution in [3.63, 3.8) is 0 Å². The molecule has 0 aliphatic heterocycles. The Kier molecular flexibility index (Phi) is 1.01. The second-order valence-corrected chi connectivity index (χ2v) is 2.46. The van der Waals surface area contributed by atoms with E-state index in [1.807, 2.05) is 0 Å². The summed E-state index contributed by atoms with van der Waals surface area (Å²) in [6.45, 7) is 0.719. The summed E-state index contributed by atoms with van der Waals surface area (Å²) < 4.78 is 22.4. The molecular formula is C8H11NO2. The van der Waals surface area contributed by atoms with Crippen LogP contribution in [-0.2, 0) is 6.98 Å². The van der Waals surface area contributed by atoms with Crippen LogP contribution in [0, 0.1) is 13.8 Å². The lowest BCUT2D eigenvalue weighted by Crippen LogP contribution is -2.06. The van der Waals surface area contributed by atoms with Crippen molar-refractivity contribution in [3.05, 3.63) is 23.0 Å². The third-order valence-electron chi connectivity index (χ3n) is 1.58. The maximum Gasteiger partial charge on any atom is 0.352 e. The van der Waals surface area contributed by atoms with Crippen molar-refractivity contribution in [3.8, 4) is 0 Å². The van der Waals surface area contributed by atoms with Crippen molar-refractivity contribution in [2.75, 3.05) is 0 Å². The van der Waals surface area contributed by atoms with Gasteiger partial charge in [0.25, 0.3) is 0 Å². The van der Waals surface area contributed by atoms with E-state index >= 15 is 0 Å². The van der Waals surface area contributed by atoms with Gasteiger partial charge in [0, 0.05) is 16.8 Å². The van der Waals surface area contributed by atoms with Gasteiger partial charge in [0.05, 0.1) is 0 Å². The smallest absolute Gasteiger partial charge is 0.352 e. The molecule has 0 amide bonds. The molecule has 11 heavy (non-hydrogen) atoms. The number of carboxylic acid groups (broad SMARTS) is 1. The van der Waals surface area contributed by atoms with E-state index in [4.69, 9.17) is 9.22 Å². The molecule has 1 heterocycles. The Bertz CT molecular complexity index is 379. The van der Waals surface area contributed by atoms with Gasteiger partial charge in [0.1, 0.15) is 5.69 Å². The van der Waals surface area contributed by atoms with E-state index in [-0.39, 0.29) is 5.69 Å². The minimum atomic E-state index is -2.44. The zero-order valence-electron chi connectivity index (χ0n) is 9.38. The Morgan fingerprint density at radius 1 is 1.73 bits per heavy atom. The number of hydrogen-bond donors (Lipinski definition) is 1. The molecule has 0 bridgehead atoms. The first-order valence-electron chi connectivity index (χ1n) is 4.68. The van der Waals surface area contributed by atoms with Crippen molar-refractivity contribution in [1.82, 2.24) is 4.57 Å². The molecule has 3 heteroatoms. The maximum atomic E-state index is 10.8. The van der Waals surface area contributed by atoms with E-state index in [0.29, 0.717) is 11.3 Å². The molecule has 0 radical (unpaired) electrons. The first kappa shape index (κ1) is 4.59. The Hall–Kier alpha value is -1.25. The number of rotatable bonds is 1. The molecule has 3 nitrogen and oxygen atoms in total. The van der Waals surface area contributed by atoms with Gasteiger partial charge < -0.3 is 9.67 Å². The fraction of sp³-hybridized carbons (Fsp3) is 0.375. The summed E-state index contributed by atoms with van der Waals surface area (Å²) in [4.78, 5) is 10.8. The molecule has 1 aromatic rings. The molecule has 60 valence electrons. The standard InChI is InChI=1S/C8H11NO2/c1-5-4-6(2)9(3)7(5)8(10)11/h4H,1-3H3,(H,10,11)/i3D3. The predicted molar refractivity (Wildman–Crippen MR) is 41.8 cm³/mol. The zero-order chi connectivity index (χ0) is 11.1. The van der Waals surface area contributed by atoms with Gasteiger partial charge in [0.2, 0.25) is 0 Å². The van der Waals surface area contributed by atoms with Crippen LogP contribution in [-0.4, -0.2) is 15.6 Å². The van der Waals surface area contributed by atoms with Gasteiger partial charge in [-0.1, -0.05) is 0 Å². The number of carboxylic acids is 1. The van der Waals surface area contributed by atoms with E-state index in [2.05, 4.69) is 0 Å². The Morgan fingerprint density at radius 2 is 2.36 bits per heavy atom. The van der Waals surface area contributed by atoms with E-state index in [1.54, 1.807) is 19.9 Å². The van der Waals surface area contributed by atoms with E-state index in [0.717, 1.165) is 4.57 Å². The lowest BCUT2D eigenvalue weighted by atomic mass is 10.3. The lowest BCUT2D eigenvalue weighted by Gasteiger charge is -1.99. The third-order valence-corrected chi connectivity index (χ3v) is 1.58. The number of aryl methyl sites for hydroxylation is 2. The quantitative estimate of drug-likeness (QED) is 0.666. The van der Waals surface area contributed by atoms with Crippen LogP contribution in [0.4, 0.5) is 0 Å². The van der Waals surface area contributed by atoms with Gasteiger partial charge in [-0.05, 0) is 25.5 Å². The number of hydrogen-bond acceptors (Lipinski definition) is 1. The van der Waals surface area contributed by atoms with E-state index < -0.39 is 12.9 Å². The van der Waals surface area contributed by atoms with Crippen molar-refractivity contribution >= 4 is 5.97 Å². The highest BCUT2D eigenvalue weighted by molar-refractivity contribution is 5.87. The predicted octanol–water partition coefficient (Wildman–Crippen LogP) is 1.34. The molecule has 1 aromatic heterocycles. The monoisotopic (exact) mass is 156 g/mol. The maximum absolute atomic E-state index is 10.8. The van der Waals surface area contributed by atoms with Crippen LogP contribution in [0.25, 0.3) is 0 Å². The largest absolute Gasteiger partial charge is 0.477 e. The molecule has 1 N–H and O–H groups in total. The summed E-state index contributed by atoms with van der Waals surface area (Å²) in [6.07, 6.45) is 0. The van der Waals surface area contributed by atoms with Gasteiger partial charge in [0.15, 0.2) is 0 Å². The molecule has 0 aliphatic carbocycles. The summed E-state index contributed by atoms with van der Waals surface area (Å²) in [5.74, 6) is -1.22. The number of aromatic carboxylic acids is 1. The molecule has 0 fully saturated rings. The summed E-state index contributed by atoms with van der Waals surface area (Å²) in [7, 11) is 0. The van der Waals surface area contributed by atoms with Crippen LogP contribution in [0.3, 0.4) is 0 Å². The highest BCUT2D eigenvalue weighted by atomic mass is 16.4. The summed E-state index contributed by atoms with van der Waals surface area (Å²) in [5, 5.41) is 8.85. The Balaban J connectivity index is 3.48. The topological polar surface area (TPSA) is 42.2 Å². The van der Waals surface area contributed by atoms with E-state index in [9.17, 15) is 4.79 Å². The first-order valence-corrected chi connectivity index (χ1v) is 3.18. The zero-order valence-corrected chi connectivity index (χ0v) is 6.38. The summed E-state index contributed by atoms with van der Waals surface area (Å²) in [5.41, 5.74) is 0.730. The van der Waals surface area contributed by atoms with Crippen molar-refractivity contribution in [2.45, 2.75) is 13.8 Å². The molecule has 0 saturated carbocycles. The van der Waals surface area contributed by atoms with Crippen LogP contribution in [0.1, 0.15) is 25.9 Å². The number of carbonyl (C=O) groups is 1. The molecule has 0 aromatic carbocycles. The molecule has 0 unspecified atom stereocenters. The minimum Gasteiger partial charge on any atom is -0.477 e. The highest BCUT2D eigenvalue weighted by Crippen LogP contribution is 2.12. The Labute approximate surface area is 69.5 Å². The summed E-state index contributed by atoms with van der Waals surface area (Å²) >= 11 is 0. The first-order chi connectivity index (χ1) is 6.25.